The number of carboxylic acids is 1. The van der Waals surface area contributed by atoms with Crippen molar-refractivity contribution in [2.45, 2.75) is 38.6 Å². The third kappa shape index (κ3) is 4.35. The van der Waals surface area contributed by atoms with E-state index in [1.807, 2.05) is 0 Å². The van der Waals surface area contributed by atoms with Crippen LogP contribution < -0.4 is 5.32 Å². The molecular formula is C12H18N2O3. The summed E-state index contributed by atoms with van der Waals surface area (Å²) in [5, 5.41) is 11.5. The third-order valence-electron chi connectivity index (χ3n) is 2.75. The van der Waals surface area contributed by atoms with Gasteiger partial charge in [0.05, 0.1) is 6.42 Å². The van der Waals surface area contributed by atoms with Gasteiger partial charge in [0, 0.05) is 25.6 Å². The van der Waals surface area contributed by atoms with Gasteiger partial charge >= 0.3 is 12.0 Å². The van der Waals surface area contributed by atoms with Crippen molar-refractivity contribution in [1.82, 2.24) is 10.2 Å². The van der Waals surface area contributed by atoms with Gasteiger partial charge in [0.25, 0.3) is 0 Å². The molecule has 1 aliphatic heterocycles. The summed E-state index contributed by atoms with van der Waals surface area (Å²) >= 11 is 0. The van der Waals surface area contributed by atoms with E-state index in [9.17, 15) is 9.59 Å². The van der Waals surface area contributed by atoms with Gasteiger partial charge in [-0.25, -0.2) is 4.79 Å². The van der Waals surface area contributed by atoms with Crippen LogP contribution in [0.25, 0.3) is 0 Å². The largest absolute Gasteiger partial charge is 0.481 e. The van der Waals surface area contributed by atoms with E-state index in [0.29, 0.717) is 19.5 Å². The summed E-state index contributed by atoms with van der Waals surface area (Å²) in [6.45, 7) is 2.91. The molecule has 2 amide bonds. The average Bonchev–Trinajstić information content (AvgIpc) is 2.71. The molecule has 0 radical (unpaired) electrons. The molecule has 2 N–H and O–H groups in total. The fourth-order valence-corrected chi connectivity index (χ4v) is 1.98. The SMILES string of the molecule is CC#CCCNC(=O)N1CCCC1CC(=O)O. The highest BCUT2D eigenvalue weighted by atomic mass is 16.4. The molecule has 1 heterocycles. The molecule has 1 rings (SSSR count). The highest BCUT2D eigenvalue weighted by Gasteiger charge is 2.29. The highest BCUT2D eigenvalue weighted by molar-refractivity contribution is 5.76. The molecule has 0 spiro atoms. The number of amides is 2. The number of aliphatic carboxylic acids is 1. The van der Waals surface area contributed by atoms with E-state index in [-0.39, 0.29) is 18.5 Å². The van der Waals surface area contributed by atoms with Gasteiger partial charge in [0.1, 0.15) is 0 Å². The number of carbonyl (C=O) groups excluding carboxylic acids is 1. The highest BCUT2D eigenvalue weighted by Crippen LogP contribution is 2.19. The Morgan fingerprint density at radius 1 is 1.53 bits per heavy atom. The molecule has 5 nitrogen and oxygen atoms in total. The molecule has 1 saturated heterocycles. The summed E-state index contributed by atoms with van der Waals surface area (Å²) in [6, 6.07) is -0.337. The lowest BCUT2D eigenvalue weighted by Gasteiger charge is -2.23. The van der Waals surface area contributed by atoms with Gasteiger partial charge in [-0.3, -0.25) is 4.79 Å². The number of nitrogens with one attached hydrogen (secondary N) is 1. The summed E-state index contributed by atoms with van der Waals surface area (Å²) in [5.74, 6) is 4.76. The van der Waals surface area contributed by atoms with Gasteiger partial charge in [-0.15, -0.1) is 11.8 Å². The van der Waals surface area contributed by atoms with Crippen molar-refractivity contribution < 1.29 is 14.7 Å². The molecule has 0 aromatic heterocycles. The maximum Gasteiger partial charge on any atom is 0.317 e. The first-order valence-electron chi connectivity index (χ1n) is 5.81. The van der Waals surface area contributed by atoms with E-state index in [0.717, 1.165) is 12.8 Å². The molecule has 1 unspecified atom stereocenters. The molecule has 17 heavy (non-hydrogen) atoms. The van der Waals surface area contributed by atoms with Crippen LogP contribution in [-0.2, 0) is 4.79 Å². The summed E-state index contributed by atoms with van der Waals surface area (Å²) in [5.41, 5.74) is 0. The first kappa shape index (κ1) is 13.4. The lowest BCUT2D eigenvalue weighted by atomic mass is 10.1. The Morgan fingerprint density at radius 3 is 2.94 bits per heavy atom. The molecule has 94 valence electrons. The minimum absolute atomic E-state index is 0.0299. The number of urea groups is 1. The van der Waals surface area contributed by atoms with Gasteiger partial charge in [-0.1, -0.05) is 0 Å². The summed E-state index contributed by atoms with van der Waals surface area (Å²) < 4.78 is 0. The molecule has 0 aliphatic carbocycles. The van der Waals surface area contributed by atoms with Gasteiger partial charge < -0.3 is 15.3 Å². The minimum atomic E-state index is -0.855. The number of hydrogen-bond donors (Lipinski definition) is 2. The average molecular weight is 238 g/mol. The van der Waals surface area contributed by atoms with Crippen LogP contribution in [0.3, 0.4) is 0 Å². The lowest BCUT2D eigenvalue weighted by molar-refractivity contribution is -0.137. The first-order valence-corrected chi connectivity index (χ1v) is 5.81. The number of likely N-dealkylation sites (tertiary alicyclic amines) is 1. The smallest absolute Gasteiger partial charge is 0.317 e. The summed E-state index contributed by atoms with van der Waals surface area (Å²) in [6.07, 6.45) is 2.30. The van der Waals surface area contributed by atoms with Crippen LogP contribution in [0.5, 0.6) is 0 Å². The van der Waals surface area contributed by atoms with Crippen molar-refractivity contribution in [3.63, 3.8) is 0 Å². The number of carbonyl (C=O) groups is 2. The van der Waals surface area contributed by atoms with Crippen molar-refractivity contribution in [3.8, 4) is 11.8 Å². The quantitative estimate of drug-likeness (QED) is 0.568. The molecule has 0 aromatic carbocycles. The normalized spacial score (nSPS) is 18.4. The molecule has 0 bridgehead atoms. The standard InChI is InChI=1S/C12H18N2O3/c1-2-3-4-7-13-12(17)14-8-5-6-10(14)9-11(15)16/h10H,4-9H2,1H3,(H,13,17)(H,15,16). The van der Waals surface area contributed by atoms with E-state index in [2.05, 4.69) is 17.2 Å². The summed E-state index contributed by atoms with van der Waals surface area (Å²) in [4.78, 5) is 24.0. The number of nitrogens with zero attached hydrogens (tertiary/aromatic N) is 1. The van der Waals surface area contributed by atoms with Crippen molar-refractivity contribution >= 4 is 12.0 Å². The van der Waals surface area contributed by atoms with Crippen LogP contribution >= 0.6 is 0 Å². The Bertz CT molecular complexity index is 343. The first-order chi connectivity index (χ1) is 8.15. The Kier molecular flexibility index (Phi) is 5.34. The van der Waals surface area contributed by atoms with E-state index >= 15 is 0 Å². The van der Waals surface area contributed by atoms with E-state index in [1.54, 1.807) is 11.8 Å². The fourth-order valence-electron chi connectivity index (χ4n) is 1.98. The fraction of sp³-hybridized carbons (Fsp3) is 0.667. The van der Waals surface area contributed by atoms with Crippen LogP contribution in [0.2, 0.25) is 0 Å². The second-order valence-corrected chi connectivity index (χ2v) is 4.00. The number of rotatable bonds is 4. The third-order valence-corrected chi connectivity index (χ3v) is 2.75. The van der Waals surface area contributed by atoms with Crippen molar-refractivity contribution in [2.24, 2.45) is 0 Å². The van der Waals surface area contributed by atoms with Gasteiger partial charge in [0.2, 0.25) is 0 Å². The maximum absolute atomic E-state index is 11.8. The van der Waals surface area contributed by atoms with E-state index in [1.165, 1.54) is 0 Å². The van der Waals surface area contributed by atoms with E-state index < -0.39 is 5.97 Å². The monoisotopic (exact) mass is 238 g/mol. The van der Waals surface area contributed by atoms with Crippen LogP contribution in [-0.4, -0.2) is 41.1 Å². The number of hydrogen-bond acceptors (Lipinski definition) is 2. The predicted octanol–water partition coefficient (Wildman–Crippen LogP) is 1.05. The second-order valence-electron chi connectivity index (χ2n) is 4.00. The van der Waals surface area contributed by atoms with Crippen molar-refractivity contribution in [2.75, 3.05) is 13.1 Å². The molecule has 1 aliphatic rings. The van der Waals surface area contributed by atoms with Crippen LogP contribution in [0.1, 0.15) is 32.6 Å². The van der Waals surface area contributed by atoms with E-state index in [4.69, 9.17) is 5.11 Å². The Morgan fingerprint density at radius 2 is 2.29 bits per heavy atom. The van der Waals surface area contributed by atoms with Crippen LogP contribution in [0.4, 0.5) is 4.79 Å². The van der Waals surface area contributed by atoms with Crippen LogP contribution in [0.15, 0.2) is 0 Å². The second kappa shape index (κ2) is 6.79. The maximum atomic E-state index is 11.8. The Hall–Kier alpha value is -1.70. The lowest BCUT2D eigenvalue weighted by Crippen LogP contribution is -2.43. The molecule has 0 saturated carbocycles. The van der Waals surface area contributed by atoms with Crippen LogP contribution in [0, 0.1) is 11.8 Å². The minimum Gasteiger partial charge on any atom is -0.481 e. The molecule has 1 fully saturated rings. The zero-order valence-corrected chi connectivity index (χ0v) is 10.0. The zero-order chi connectivity index (χ0) is 12.7. The van der Waals surface area contributed by atoms with Gasteiger partial charge in [-0.2, -0.15) is 0 Å². The molecule has 0 aromatic rings. The molecule has 1 atom stereocenters. The molecular weight excluding hydrogens is 220 g/mol. The Labute approximate surface area is 101 Å². The van der Waals surface area contributed by atoms with Gasteiger partial charge in [0.15, 0.2) is 0 Å². The van der Waals surface area contributed by atoms with Crippen molar-refractivity contribution in [1.29, 1.82) is 0 Å². The van der Waals surface area contributed by atoms with Gasteiger partial charge in [-0.05, 0) is 19.8 Å². The Balaban J connectivity index is 2.38. The number of carboxylic acid groups (broad SMARTS) is 1. The molecule has 5 heteroatoms. The zero-order valence-electron chi connectivity index (χ0n) is 10.0. The predicted molar refractivity (Wildman–Crippen MR) is 63.4 cm³/mol. The topological polar surface area (TPSA) is 69.6 Å². The summed E-state index contributed by atoms with van der Waals surface area (Å²) in [7, 11) is 0. The van der Waals surface area contributed by atoms with Crippen molar-refractivity contribution in [3.05, 3.63) is 0 Å².